The van der Waals surface area contributed by atoms with Crippen LogP contribution < -0.4 is 0 Å². The van der Waals surface area contributed by atoms with Gasteiger partial charge in [0.05, 0.1) is 11.8 Å². The first-order valence-corrected chi connectivity index (χ1v) is 4.40. The lowest BCUT2D eigenvalue weighted by Gasteiger charge is -2.14. The lowest BCUT2D eigenvalue weighted by Crippen LogP contribution is -2.24. The Labute approximate surface area is 76.7 Å². The van der Waals surface area contributed by atoms with Crippen LogP contribution >= 0.6 is 0 Å². The highest BCUT2D eigenvalue weighted by Gasteiger charge is 2.45. The van der Waals surface area contributed by atoms with Gasteiger partial charge in [-0.05, 0) is 12.8 Å². The number of imide groups is 1. The molecule has 0 N–H and O–H groups in total. The number of carbonyl (C=O) groups excluding carboxylic acids is 2. The van der Waals surface area contributed by atoms with Crippen molar-refractivity contribution in [3.8, 4) is 0 Å². The van der Waals surface area contributed by atoms with Crippen molar-refractivity contribution in [2.45, 2.75) is 12.8 Å². The predicted octanol–water partition coefficient (Wildman–Crippen LogP) is 1.08. The van der Waals surface area contributed by atoms with Crippen LogP contribution in [-0.4, -0.2) is 16.7 Å². The zero-order valence-electron chi connectivity index (χ0n) is 7.27. The fourth-order valence-corrected chi connectivity index (χ4v) is 2.01. The van der Waals surface area contributed by atoms with Gasteiger partial charge in [0.25, 0.3) is 0 Å². The molecule has 0 bridgehead atoms. The highest BCUT2D eigenvalue weighted by atomic mass is 16.2. The third-order valence-corrected chi connectivity index (χ3v) is 2.72. The molecule has 2 amide bonds. The summed E-state index contributed by atoms with van der Waals surface area (Å²) in [6, 6.07) is 0. The Kier molecular flexibility index (Phi) is 1.79. The first-order valence-electron chi connectivity index (χ1n) is 4.40. The van der Waals surface area contributed by atoms with Gasteiger partial charge in [0.15, 0.2) is 0 Å². The van der Waals surface area contributed by atoms with Crippen LogP contribution in [0.5, 0.6) is 0 Å². The fraction of sp³-hybridized carbons (Fsp3) is 0.400. The van der Waals surface area contributed by atoms with Crippen molar-refractivity contribution in [1.82, 2.24) is 4.90 Å². The van der Waals surface area contributed by atoms with Crippen molar-refractivity contribution in [2.75, 3.05) is 0 Å². The van der Waals surface area contributed by atoms with Crippen molar-refractivity contribution < 1.29 is 9.59 Å². The Morgan fingerprint density at radius 1 is 1.23 bits per heavy atom. The molecule has 68 valence electrons. The quantitative estimate of drug-likeness (QED) is 0.444. The van der Waals surface area contributed by atoms with E-state index < -0.39 is 0 Å². The summed E-state index contributed by atoms with van der Waals surface area (Å²) in [6.45, 7) is 3.47. The van der Waals surface area contributed by atoms with Gasteiger partial charge < -0.3 is 0 Å². The molecule has 1 aliphatic heterocycles. The Balaban J connectivity index is 2.32. The van der Waals surface area contributed by atoms with Crippen LogP contribution in [0.25, 0.3) is 0 Å². The standard InChI is InChI=1S/C10H11NO2/c1-2-11-9(12)7-5-3-4-6-8(7)10(11)13/h2-4,7-8H,1,5-6H2. The maximum atomic E-state index is 11.6. The molecule has 3 heteroatoms. The summed E-state index contributed by atoms with van der Waals surface area (Å²) in [5.74, 6) is -0.435. The lowest BCUT2D eigenvalue weighted by molar-refractivity contribution is -0.136. The minimum Gasteiger partial charge on any atom is -0.274 e. The van der Waals surface area contributed by atoms with E-state index in [2.05, 4.69) is 6.58 Å². The van der Waals surface area contributed by atoms with E-state index in [-0.39, 0.29) is 23.7 Å². The summed E-state index contributed by atoms with van der Waals surface area (Å²) in [4.78, 5) is 24.3. The first-order chi connectivity index (χ1) is 6.25. The molecule has 1 aliphatic carbocycles. The SMILES string of the molecule is C=CN1C(=O)C2CC=CCC2C1=O. The molecule has 0 aromatic heterocycles. The number of amides is 2. The van der Waals surface area contributed by atoms with Crippen molar-refractivity contribution in [3.05, 3.63) is 24.9 Å². The van der Waals surface area contributed by atoms with Crippen LogP contribution in [0.4, 0.5) is 0 Å². The minimum absolute atomic E-state index is 0.0886. The largest absolute Gasteiger partial charge is 0.274 e. The van der Waals surface area contributed by atoms with Gasteiger partial charge in [0.2, 0.25) is 11.8 Å². The predicted molar refractivity (Wildman–Crippen MR) is 47.4 cm³/mol. The third kappa shape index (κ3) is 1.03. The van der Waals surface area contributed by atoms with Crippen molar-refractivity contribution >= 4 is 11.8 Å². The summed E-state index contributed by atoms with van der Waals surface area (Å²) in [7, 11) is 0. The number of carbonyl (C=O) groups is 2. The Morgan fingerprint density at radius 2 is 1.69 bits per heavy atom. The molecule has 0 aromatic rings. The monoisotopic (exact) mass is 177 g/mol. The van der Waals surface area contributed by atoms with E-state index in [0.29, 0.717) is 12.8 Å². The molecule has 0 saturated carbocycles. The maximum absolute atomic E-state index is 11.6. The zero-order chi connectivity index (χ0) is 9.42. The van der Waals surface area contributed by atoms with E-state index in [1.54, 1.807) is 0 Å². The van der Waals surface area contributed by atoms with E-state index in [0.717, 1.165) is 4.90 Å². The highest BCUT2D eigenvalue weighted by Crippen LogP contribution is 2.34. The normalized spacial score (nSPS) is 32.2. The highest BCUT2D eigenvalue weighted by molar-refractivity contribution is 6.06. The molecule has 3 nitrogen and oxygen atoms in total. The maximum Gasteiger partial charge on any atom is 0.237 e. The van der Waals surface area contributed by atoms with Crippen LogP contribution in [-0.2, 0) is 9.59 Å². The van der Waals surface area contributed by atoms with Gasteiger partial charge in [0.1, 0.15) is 0 Å². The van der Waals surface area contributed by atoms with Gasteiger partial charge in [0, 0.05) is 6.20 Å². The Morgan fingerprint density at radius 3 is 2.08 bits per heavy atom. The van der Waals surface area contributed by atoms with Gasteiger partial charge in [-0.15, -0.1) is 0 Å². The first kappa shape index (κ1) is 8.23. The summed E-state index contributed by atoms with van der Waals surface area (Å²) >= 11 is 0. The number of fused-ring (bicyclic) bond motifs is 1. The molecular weight excluding hydrogens is 166 g/mol. The third-order valence-electron chi connectivity index (χ3n) is 2.72. The van der Waals surface area contributed by atoms with E-state index in [1.807, 2.05) is 12.2 Å². The van der Waals surface area contributed by atoms with E-state index in [4.69, 9.17) is 0 Å². The Hall–Kier alpha value is -1.38. The topological polar surface area (TPSA) is 37.4 Å². The minimum atomic E-state index is -0.129. The molecular formula is C10H11NO2. The second-order valence-electron chi connectivity index (χ2n) is 3.38. The molecule has 2 aliphatic rings. The molecule has 2 unspecified atom stereocenters. The molecule has 13 heavy (non-hydrogen) atoms. The molecule has 0 radical (unpaired) electrons. The van der Waals surface area contributed by atoms with E-state index in [1.165, 1.54) is 6.20 Å². The van der Waals surface area contributed by atoms with Gasteiger partial charge >= 0.3 is 0 Å². The molecule has 2 rings (SSSR count). The fourth-order valence-electron chi connectivity index (χ4n) is 2.01. The van der Waals surface area contributed by atoms with Crippen molar-refractivity contribution in [3.63, 3.8) is 0 Å². The van der Waals surface area contributed by atoms with Crippen molar-refractivity contribution in [2.24, 2.45) is 11.8 Å². The lowest BCUT2D eigenvalue weighted by atomic mass is 9.85. The molecule has 2 atom stereocenters. The summed E-state index contributed by atoms with van der Waals surface area (Å²) < 4.78 is 0. The average molecular weight is 177 g/mol. The number of likely N-dealkylation sites (tertiary alicyclic amines) is 1. The van der Waals surface area contributed by atoms with Gasteiger partial charge in [-0.25, -0.2) is 0 Å². The van der Waals surface area contributed by atoms with Crippen LogP contribution in [0.1, 0.15) is 12.8 Å². The molecule has 1 heterocycles. The summed E-state index contributed by atoms with van der Waals surface area (Å²) in [5.41, 5.74) is 0. The molecule has 0 aromatic carbocycles. The van der Waals surface area contributed by atoms with E-state index >= 15 is 0 Å². The number of nitrogens with zero attached hydrogens (tertiary/aromatic N) is 1. The molecule has 1 saturated heterocycles. The van der Waals surface area contributed by atoms with Crippen LogP contribution in [0.3, 0.4) is 0 Å². The van der Waals surface area contributed by atoms with Gasteiger partial charge in [-0.1, -0.05) is 18.7 Å². The van der Waals surface area contributed by atoms with E-state index in [9.17, 15) is 9.59 Å². The van der Waals surface area contributed by atoms with Crippen LogP contribution in [0, 0.1) is 11.8 Å². The van der Waals surface area contributed by atoms with Gasteiger partial charge in [-0.2, -0.15) is 0 Å². The summed E-state index contributed by atoms with van der Waals surface area (Å²) in [6.07, 6.45) is 6.65. The number of hydrogen-bond donors (Lipinski definition) is 0. The zero-order valence-corrected chi connectivity index (χ0v) is 7.27. The molecule has 0 spiro atoms. The van der Waals surface area contributed by atoms with Crippen LogP contribution in [0.2, 0.25) is 0 Å². The van der Waals surface area contributed by atoms with Crippen LogP contribution in [0.15, 0.2) is 24.9 Å². The smallest absolute Gasteiger partial charge is 0.237 e. The number of rotatable bonds is 1. The van der Waals surface area contributed by atoms with Crippen molar-refractivity contribution in [1.29, 1.82) is 0 Å². The second kappa shape index (κ2) is 2.83. The average Bonchev–Trinajstić information content (AvgIpc) is 2.41. The second-order valence-corrected chi connectivity index (χ2v) is 3.38. The molecule has 1 fully saturated rings. The number of hydrogen-bond acceptors (Lipinski definition) is 2. The Bertz CT molecular complexity index is 280. The summed E-state index contributed by atoms with van der Waals surface area (Å²) in [5, 5.41) is 0. The van der Waals surface area contributed by atoms with Gasteiger partial charge in [-0.3, -0.25) is 14.5 Å². The number of allylic oxidation sites excluding steroid dienone is 2.